The van der Waals surface area contributed by atoms with Gasteiger partial charge in [-0.25, -0.2) is 0 Å². The summed E-state index contributed by atoms with van der Waals surface area (Å²) in [7, 11) is 0. The van der Waals surface area contributed by atoms with Gasteiger partial charge in [0.25, 0.3) is 0 Å². The summed E-state index contributed by atoms with van der Waals surface area (Å²) in [4.78, 5) is 11.2. The molecule has 0 saturated carbocycles. The standard InChI is InChI=1S/C23H20O3/c24-14-21-19-10-5-11-20(19)23(13-22(21)25)26-15-16-6-4-9-18(12-16)17-7-2-1-3-8-17/h1-4,6-9,12-14,25H,5,10-11,15H2. The van der Waals surface area contributed by atoms with Crippen LogP contribution in [0, 0.1) is 0 Å². The second kappa shape index (κ2) is 7.04. The Balaban J connectivity index is 1.58. The lowest BCUT2D eigenvalue weighted by Crippen LogP contribution is -2.01. The highest BCUT2D eigenvalue weighted by Crippen LogP contribution is 2.38. The molecule has 0 fully saturated rings. The number of hydrogen-bond acceptors (Lipinski definition) is 3. The van der Waals surface area contributed by atoms with Crippen LogP contribution in [0.4, 0.5) is 0 Å². The van der Waals surface area contributed by atoms with E-state index in [1.807, 2.05) is 30.3 Å². The number of phenols is 1. The Morgan fingerprint density at radius 3 is 2.50 bits per heavy atom. The van der Waals surface area contributed by atoms with E-state index in [-0.39, 0.29) is 5.75 Å². The smallest absolute Gasteiger partial charge is 0.154 e. The maximum absolute atomic E-state index is 11.2. The van der Waals surface area contributed by atoms with Crippen molar-refractivity contribution in [3.05, 3.63) is 82.9 Å². The summed E-state index contributed by atoms with van der Waals surface area (Å²) in [5.41, 5.74) is 5.80. The van der Waals surface area contributed by atoms with Crippen molar-refractivity contribution < 1.29 is 14.6 Å². The summed E-state index contributed by atoms with van der Waals surface area (Å²) >= 11 is 0. The molecule has 0 aromatic heterocycles. The Kier molecular flexibility index (Phi) is 4.44. The van der Waals surface area contributed by atoms with E-state index in [4.69, 9.17) is 4.74 Å². The number of phenolic OH excluding ortho intramolecular Hbond substituents is 1. The summed E-state index contributed by atoms with van der Waals surface area (Å²) in [6.07, 6.45) is 3.43. The molecule has 130 valence electrons. The predicted octanol–water partition coefficient (Wildman–Crippen LogP) is 4.94. The number of aromatic hydroxyl groups is 1. The first-order valence-corrected chi connectivity index (χ1v) is 8.86. The van der Waals surface area contributed by atoms with Crippen molar-refractivity contribution in [2.24, 2.45) is 0 Å². The second-order valence-corrected chi connectivity index (χ2v) is 6.59. The van der Waals surface area contributed by atoms with Crippen LogP contribution >= 0.6 is 0 Å². The third-order valence-electron chi connectivity index (χ3n) is 4.93. The largest absolute Gasteiger partial charge is 0.507 e. The molecular weight excluding hydrogens is 324 g/mol. The molecule has 0 saturated heterocycles. The van der Waals surface area contributed by atoms with E-state index in [1.165, 1.54) is 5.56 Å². The molecule has 1 aliphatic rings. The Morgan fingerprint density at radius 2 is 1.69 bits per heavy atom. The Labute approximate surface area is 152 Å². The average Bonchev–Trinajstić information content (AvgIpc) is 3.17. The topological polar surface area (TPSA) is 46.5 Å². The number of carbonyl (C=O) groups excluding carboxylic acids is 1. The maximum atomic E-state index is 11.2. The van der Waals surface area contributed by atoms with Crippen molar-refractivity contribution in [1.82, 2.24) is 0 Å². The van der Waals surface area contributed by atoms with E-state index in [2.05, 4.69) is 24.3 Å². The minimum atomic E-state index is 0.00804. The van der Waals surface area contributed by atoms with E-state index in [9.17, 15) is 9.90 Å². The lowest BCUT2D eigenvalue weighted by molar-refractivity contribution is 0.112. The van der Waals surface area contributed by atoms with Gasteiger partial charge in [0.2, 0.25) is 0 Å². The minimum Gasteiger partial charge on any atom is -0.507 e. The van der Waals surface area contributed by atoms with Gasteiger partial charge in [0.05, 0.1) is 5.56 Å². The van der Waals surface area contributed by atoms with Gasteiger partial charge in [0.1, 0.15) is 18.1 Å². The first-order chi connectivity index (χ1) is 12.8. The molecule has 3 aromatic carbocycles. The predicted molar refractivity (Wildman–Crippen MR) is 102 cm³/mol. The van der Waals surface area contributed by atoms with Gasteiger partial charge in [-0.05, 0) is 53.1 Å². The molecule has 0 amide bonds. The highest BCUT2D eigenvalue weighted by Gasteiger charge is 2.22. The molecule has 0 heterocycles. The molecule has 0 unspecified atom stereocenters. The number of rotatable bonds is 5. The van der Waals surface area contributed by atoms with Crippen LogP contribution in [0.3, 0.4) is 0 Å². The molecule has 0 aliphatic heterocycles. The van der Waals surface area contributed by atoms with Crippen LogP contribution in [0.2, 0.25) is 0 Å². The zero-order valence-electron chi connectivity index (χ0n) is 14.4. The number of benzene rings is 3. The fourth-order valence-electron chi connectivity index (χ4n) is 3.65. The minimum absolute atomic E-state index is 0.00804. The first kappa shape index (κ1) is 16.4. The highest BCUT2D eigenvalue weighted by atomic mass is 16.5. The number of ether oxygens (including phenoxy) is 1. The molecule has 0 bridgehead atoms. The monoisotopic (exact) mass is 344 g/mol. The zero-order valence-corrected chi connectivity index (χ0v) is 14.4. The fraction of sp³-hybridized carbons (Fsp3) is 0.174. The highest BCUT2D eigenvalue weighted by molar-refractivity contribution is 5.83. The van der Waals surface area contributed by atoms with E-state index < -0.39 is 0 Å². The summed E-state index contributed by atoms with van der Waals surface area (Å²) in [6.45, 7) is 0.424. The van der Waals surface area contributed by atoms with Crippen LogP contribution < -0.4 is 4.74 Å². The third kappa shape index (κ3) is 3.08. The molecule has 0 atom stereocenters. The zero-order chi connectivity index (χ0) is 17.9. The van der Waals surface area contributed by atoms with Crippen LogP contribution in [0.15, 0.2) is 60.7 Å². The van der Waals surface area contributed by atoms with Crippen molar-refractivity contribution in [3.63, 3.8) is 0 Å². The molecular formula is C23H20O3. The van der Waals surface area contributed by atoms with Gasteiger partial charge in [-0.15, -0.1) is 0 Å². The molecule has 1 N–H and O–H groups in total. The Bertz CT molecular complexity index is 945. The summed E-state index contributed by atoms with van der Waals surface area (Å²) in [5.74, 6) is 0.694. The van der Waals surface area contributed by atoms with Gasteiger partial charge in [-0.2, -0.15) is 0 Å². The lowest BCUT2D eigenvalue weighted by Gasteiger charge is -2.14. The number of aldehydes is 1. The summed E-state index contributed by atoms with van der Waals surface area (Å²) in [6, 6.07) is 20.1. The molecule has 0 spiro atoms. The molecule has 1 aliphatic carbocycles. The SMILES string of the molecule is O=Cc1c(O)cc(OCc2cccc(-c3ccccc3)c2)c2c1CCC2. The van der Waals surface area contributed by atoms with Gasteiger partial charge in [-0.1, -0.05) is 48.5 Å². The van der Waals surface area contributed by atoms with Gasteiger partial charge in [0, 0.05) is 6.07 Å². The fourth-order valence-corrected chi connectivity index (χ4v) is 3.65. The van der Waals surface area contributed by atoms with E-state index in [0.717, 1.165) is 47.8 Å². The van der Waals surface area contributed by atoms with E-state index in [0.29, 0.717) is 17.9 Å². The summed E-state index contributed by atoms with van der Waals surface area (Å²) < 4.78 is 6.03. The van der Waals surface area contributed by atoms with Crippen LogP contribution in [0.25, 0.3) is 11.1 Å². The molecule has 4 rings (SSSR count). The third-order valence-corrected chi connectivity index (χ3v) is 4.93. The number of carbonyl (C=O) groups is 1. The van der Waals surface area contributed by atoms with Crippen molar-refractivity contribution >= 4 is 6.29 Å². The van der Waals surface area contributed by atoms with Crippen LogP contribution in [0.5, 0.6) is 11.5 Å². The quantitative estimate of drug-likeness (QED) is 0.667. The second-order valence-electron chi connectivity index (χ2n) is 6.59. The van der Waals surface area contributed by atoms with Gasteiger partial charge >= 0.3 is 0 Å². The summed E-state index contributed by atoms with van der Waals surface area (Å²) in [5, 5.41) is 10.1. The Morgan fingerprint density at radius 1 is 0.923 bits per heavy atom. The lowest BCUT2D eigenvalue weighted by atomic mass is 10.0. The number of hydrogen-bond donors (Lipinski definition) is 1. The van der Waals surface area contributed by atoms with Crippen molar-refractivity contribution in [1.29, 1.82) is 0 Å². The molecule has 3 aromatic rings. The molecule has 3 nitrogen and oxygen atoms in total. The van der Waals surface area contributed by atoms with Crippen molar-refractivity contribution in [3.8, 4) is 22.6 Å². The van der Waals surface area contributed by atoms with Crippen LogP contribution in [-0.2, 0) is 19.4 Å². The van der Waals surface area contributed by atoms with Crippen molar-refractivity contribution in [2.75, 3.05) is 0 Å². The van der Waals surface area contributed by atoms with Crippen molar-refractivity contribution in [2.45, 2.75) is 25.9 Å². The van der Waals surface area contributed by atoms with Gasteiger partial charge < -0.3 is 9.84 Å². The molecule has 26 heavy (non-hydrogen) atoms. The first-order valence-electron chi connectivity index (χ1n) is 8.86. The average molecular weight is 344 g/mol. The van der Waals surface area contributed by atoms with E-state index >= 15 is 0 Å². The van der Waals surface area contributed by atoms with Gasteiger partial charge in [-0.3, -0.25) is 4.79 Å². The molecule has 0 radical (unpaired) electrons. The Hall–Kier alpha value is -3.07. The van der Waals surface area contributed by atoms with E-state index in [1.54, 1.807) is 6.07 Å². The maximum Gasteiger partial charge on any atom is 0.154 e. The van der Waals surface area contributed by atoms with Crippen LogP contribution in [-0.4, -0.2) is 11.4 Å². The molecule has 3 heteroatoms. The van der Waals surface area contributed by atoms with Gasteiger partial charge in [0.15, 0.2) is 6.29 Å². The van der Waals surface area contributed by atoms with Crippen LogP contribution in [0.1, 0.15) is 33.5 Å². The normalized spacial score (nSPS) is 12.6. The number of fused-ring (bicyclic) bond motifs is 1.